The molecule has 2 aliphatic heterocycles. The fourth-order valence-corrected chi connectivity index (χ4v) is 4.63. The smallest absolute Gasteiger partial charge is 0.184 e. The number of para-hydroxylation sites is 1. The molecule has 1 fully saturated rings. The first kappa shape index (κ1) is 17.7. The topological polar surface area (TPSA) is 34.2 Å². The molecule has 0 N–H and O–H groups in total. The van der Waals surface area contributed by atoms with Gasteiger partial charge in [-0.15, -0.1) is 0 Å². The number of fused-ring (bicyclic) bond motifs is 2. The van der Waals surface area contributed by atoms with E-state index < -0.39 is 0 Å². The first-order chi connectivity index (χ1) is 13.8. The lowest BCUT2D eigenvalue weighted by Crippen LogP contribution is -2.47. The summed E-state index contributed by atoms with van der Waals surface area (Å²) in [5.74, 6) is 3.47. The predicted molar refractivity (Wildman–Crippen MR) is 110 cm³/mol. The highest BCUT2D eigenvalue weighted by Gasteiger charge is 2.28. The van der Waals surface area contributed by atoms with Gasteiger partial charge in [0.15, 0.2) is 11.5 Å². The van der Waals surface area contributed by atoms with Gasteiger partial charge in [0, 0.05) is 26.2 Å². The Hall–Kier alpha value is -2.40. The third-order valence-electron chi connectivity index (χ3n) is 6.31. The molecule has 0 spiro atoms. The van der Waals surface area contributed by atoms with E-state index in [1.165, 1.54) is 36.2 Å². The van der Waals surface area contributed by atoms with Crippen LogP contribution in [0.4, 0.5) is 5.69 Å². The molecule has 0 saturated carbocycles. The van der Waals surface area contributed by atoms with E-state index in [1.54, 1.807) is 7.11 Å². The number of ether oxygens (including phenoxy) is 3. The molecule has 5 nitrogen and oxygen atoms in total. The summed E-state index contributed by atoms with van der Waals surface area (Å²) in [5, 5.41) is 0. The van der Waals surface area contributed by atoms with Crippen molar-refractivity contribution in [1.29, 1.82) is 0 Å². The Morgan fingerprint density at radius 2 is 1.89 bits per heavy atom. The summed E-state index contributed by atoms with van der Waals surface area (Å²) in [6, 6.07) is 12.7. The molecule has 0 amide bonds. The van der Waals surface area contributed by atoms with E-state index in [-0.39, 0.29) is 0 Å². The quantitative estimate of drug-likeness (QED) is 0.795. The minimum absolute atomic E-state index is 0.637. The minimum Gasteiger partial charge on any atom is -0.497 e. The molecule has 0 bridgehead atoms. The van der Waals surface area contributed by atoms with Crippen molar-refractivity contribution in [2.24, 2.45) is 0 Å². The number of anilines is 1. The van der Waals surface area contributed by atoms with Crippen LogP contribution in [0.25, 0.3) is 0 Å². The van der Waals surface area contributed by atoms with Crippen LogP contribution >= 0.6 is 0 Å². The Balaban J connectivity index is 1.15. The summed E-state index contributed by atoms with van der Waals surface area (Å²) >= 11 is 0. The second-order valence-corrected chi connectivity index (χ2v) is 7.88. The zero-order valence-electron chi connectivity index (χ0n) is 16.5. The molecule has 1 saturated heterocycles. The highest BCUT2D eigenvalue weighted by molar-refractivity contribution is 5.65. The molecule has 0 radical (unpaired) electrons. The molecule has 2 aromatic carbocycles. The zero-order valence-corrected chi connectivity index (χ0v) is 16.5. The van der Waals surface area contributed by atoms with Crippen molar-refractivity contribution in [3.8, 4) is 17.2 Å². The summed E-state index contributed by atoms with van der Waals surface area (Å²) in [5.41, 5.74) is 4.16. The maximum absolute atomic E-state index is 5.90. The average Bonchev–Trinajstić information content (AvgIpc) is 2.74. The zero-order chi connectivity index (χ0) is 18.9. The van der Waals surface area contributed by atoms with Gasteiger partial charge < -0.3 is 19.1 Å². The van der Waals surface area contributed by atoms with Crippen LogP contribution in [-0.2, 0) is 6.42 Å². The second kappa shape index (κ2) is 7.55. The summed E-state index contributed by atoms with van der Waals surface area (Å²) in [7, 11) is 1.75. The Morgan fingerprint density at radius 3 is 2.75 bits per heavy atom. The predicted octanol–water partition coefficient (Wildman–Crippen LogP) is 3.32. The second-order valence-electron chi connectivity index (χ2n) is 7.88. The van der Waals surface area contributed by atoms with Crippen molar-refractivity contribution in [3.63, 3.8) is 0 Å². The van der Waals surface area contributed by atoms with E-state index >= 15 is 0 Å². The van der Waals surface area contributed by atoms with Gasteiger partial charge in [-0.05, 0) is 60.7 Å². The summed E-state index contributed by atoms with van der Waals surface area (Å²) in [6.45, 7) is 6.72. The first-order valence-corrected chi connectivity index (χ1v) is 10.3. The van der Waals surface area contributed by atoms with Gasteiger partial charge >= 0.3 is 0 Å². The van der Waals surface area contributed by atoms with E-state index in [0.29, 0.717) is 19.1 Å². The van der Waals surface area contributed by atoms with Crippen molar-refractivity contribution in [3.05, 3.63) is 47.5 Å². The highest BCUT2D eigenvalue weighted by Crippen LogP contribution is 2.41. The molecule has 5 rings (SSSR count). The molecular weight excluding hydrogens is 352 g/mol. The summed E-state index contributed by atoms with van der Waals surface area (Å²) in [6.07, 6.45) is 2.45. The molecule has 3 aliphatic rings. The van der Waals surface area contributed by atoms with E-state index in [9.17, 15) is 0 Å². The largest absolute Gasteiger partial charge is 0.497 e. The number of piperazine rings is 1. The van der Waals surface area contributed by atoms with Crippen molar-refractivity contribution in [2.45, 2.75) is 18.8 Å². The van der Waals surface area contributed by atoms with Gasteiger partial charge in [0.1, 0.15) is 19.0 Å². The molecule has 0 aromatic heterocycles. The van der Waals surface area contributed by atoms with E-state index in [1.807, 2.05) is 6.07 Å². The fourth-order valence-electron chi connectivity index (χ4n) is 4.63. The maximum Gasteiger partial charge on any atom is 0.184 e. The number of methoxy groups -OCH3 is 1. The normalized spacial score (nSPS) is 21.0. The van der Waals surface area contributed by atoms with Crippen LogP contribution in [0, 0.1) is 0 Å². The Bertz CT molecular complexity index is 846. The Labute approximate surface area is 166 Å². The monoisotopic (exact) mass is 380 g/mol. The molecule has 28 heavy (non-hydrogen) atoms. The molecular formula is C23H28N2O3. The lowest BCUT2D eigenvalue weighted by atomic mass is 9.75. The Morgan fingerprint density at radius 1 is 1.04 bits per heavy atom. The van der Waals surface area contributed by atoms with Crippen molar-refractivity contribution >= 4 is 5.69 Å². The van der Waals surface area contributed by atoms with Crippen LogP contribution < -0.4 is 19.1 Å². The molecule has 2 heterocycles. The van der Waals surface area contributed by atoms with Gasteiger partial charge in [-0.2, -0.15) is 0 Å². The average molecular weight is 380 g/mol. The van der Waals surface area contributed by atoms with Crippen LogP contribution in [-0.4, -0.2) is 57.9 Å². The van der Waals surface area contributed by atoms with Gasteiger partial charge in [0.05, 0.1) is 12.8 Å². The summed E-state index contributed by atoms with van der Waals surface area (Å²) in [4.78, 5) is 5.04. The van der Waals surface area contributed by atoms with Crippen LogP contribution in [0.2, 0.25) is 0 Å². The SMILES string of the molecule is COc1ccc2c(c1)C(CCN1CCN(c3cccc4c3OCCO4)CC1)C2. The number of hydrogen-bond acceptors (Lipinski definition) is 5. The third kappa shape index (κ3) is 3.28. The van der Waals surface area contributed by atoms with Crippen molar-refractivity contribution < 1.29 is 14.2 Å². The van der Waals surface area contributed by atoms with E-state index in [2.05, 4.69) is 40.1 Å². The minimum atomic E-state index is 0.637. The number of nitrogens with zero attached hydrogens (tertiary/aromatic N) is 2. The van der Waals surface area contributed by atoms with Crippen molar-refractivity contribution in [2.75, 3.05) is 57.9 Å². The van der Waals surface area contributed by atoms with Crippen LogP contribution in [0.15, 0.2) is 36.4 Å². The van der Waals surface area contributed by atoms with Crippen LogP contribution in [0.3, 0.4) is 0 Å². The van der Waals surface area contributed by atoms with Gasteiger partial charge in [-0.1, -0.05) is 12.1 Å². The van der Waals surface area contributed by atoms with Crippen molar-refractivity contribution in [1.82, 2.24) is 4.90 Å². The standard InChI is InChI=1S/C23H28N2O3/c1-26-19-6-5-17-15-18(20(17)16-19)7-8-24-9-11-25(12-10-24)21-3-2-4-22-23(21)28-14-13-27-22/h2-6,16,18H,7-15H2,1H3. The first-order valence-electron chi connectivity index (χ1n) is 10.3. The van der Waals surface area contributed by atoms with Gasteiger partial charge in [0.2, 0.25) is 0 Å². The van der Waals surface area contributed by atoms with Gasteiger partial charge in [0.25, 0.3) is 0 Å². The lowest BCUT2D eigenvalue weighted by molar-refractivity contribution is 0.171. The van der Waals surface area contributed by atoms with Crippen LogP contribution in [0.5, 0.6) is 17.2 Å². The van der Waals surface area contributed by atoms with Crippen LogP contribution in [0.1, 0.15) is 23.5 Å². The molecule has 5 heteroatoms. The third-order valence-corrected chi connectivity index (χ3v) is 6.31. The lowest BCUT2D eigenvalue weighted by Gasteiger charge is -2.38. The molecule has 1 aliphatic carbocycles. The molecule has 1 atom stereocenters. The van der Waals surface area contributed by atoms with E-state index in [4.69, 9.17) is 14.2 Å². The maximum atomic E-state index is 5.90. The molecule has 2 aromatic rings. The van der Waals surface area contributed by atoms with E-state index in [0.717, 1.165) is 43.4 Å². The molecule has 148 valence electrons. The van der Waals surface area contributed by atoms with Gasteiger partial charge in [-0.25, -0.2) is 0 Å². The number of rotatable bonds is 5. The number of hydrogen-bond donors (Lipinski definition) is 0. The number of benzene rings is 2. The Kier molecular flexibility index (Phi) is 4.77. The fraction of sp³-hybridized carbons (Fsp3) is 0.478. The molecule has 1 unspecified atom stereocenters. The highest BCUT2D eigenvalue weighted by atomic mass is 16.6. The van der Waals surface area contributed by atoms with Gasteiger partial charge in [-0.3, -0.25) is 4.90 Å². The summed E-state index contributed by atoms with van der Waals surface area (Å²) < 4.78 is 17.0.